The van der Waals surface area contributed by atoms with Gasteiger partial charge >= 0.3 is 6.09 Å². The van der Waals surface area contributed by atoms with Crippen molar-refractivity contribution in [3.05, 3.63) is 0 Å². The molecule has 3 amide bonds. The molecule has 9 nitrogen and oxygen atoms in total. The molecular weight excluding hydrogens is 478 g/mol. The zero-order valence-electron chi connectivity index (χ0n) is 22.6. The Labute approximate surface area is 220 Å². The van der Waals surface area contributed by atoms with E-state index in [0.29, 0.717) is 25.4 Å². The van der Waals surface area contributed by atoms with E-state index in [-0.39, 0.29) is 30.2 Å². The minimum atomic E-state index is -0.793. The molecule has 0 radical (unpaired) electrons. The number of carbonyl (C=O) groups is 3. The molecule has 0 unspecified atom stereocenters. The molecular formula is C26H47N5O4S. The molecule has 0 bridgehead atoms. The van der Waals surface area contributed by atoms with Gasteiger partial charge in [0.1, 0.15) is 12.1 Å². The predicted octanol–water partition coefficient (Wildman–Crippen LogP) is 3.65. The molecule has 10 heteroatoms. The molecule has 0 aromatic rings. The van der Waals surface area contributed by atoms with E-state index in [0.717, 1.165) is 57.1 Å². The van der Waals surface area contributed by atoms with Crippen LogP contribution in [0.2, 0.25) is 0 Å². The van der Waals surface area contributed by atoms with Crippen molar-refractivity contribution in [2.24, 2.45) is 17.6 Å². The van der Waals surface area contributed by atoms with Crippen LogP contribution in [-0.4, -0.2) is 70.9 Å². The van der Waals surface area contributed by atoms with Gasteiger partial charge < -0.3 is 26.0 Å². The zero-order chi connectivity index (χ0) is 26.7. The first-order valence-electron chi connectivity index (χ1n) is 13.6. The van der Waals surface area contributed by atoms with Gasteiger partial charge in [-0.05, 0) is 77.4 Å². The maximum Gasteiger partial charge on any atom is 0.407 e. The summed E-state index contributed by atoms with van der Waals surface area (Å²) in [4.78, 5) is 40.9. The molecule has 0 aromatic heterocycles. The summed E-state index contributed by atoms with van der Waals surface area (Å²) < 4.78 is 4.54. The number of nitrogens with two attached hydrogens (primary N) is 1. The lowest BCUT2D eigenvalue weighted by Crippen LogP contribution is -2.60. The Morgan fingerprint density at radius 2 is 1.83 bits per heavy atom. The highest BCUT2D eigenvalue weighted by Crippen LogP contribution is 2.32. The molecule has 206 valence electrons. The number of unbranched alkanes of at least 4 members (excludes halogenated alkanes) is 2. The van der Waals surface area contributed by atoms with Crippen molar-refractivity contribution >= 4 is 35.5 Å². The summed E-state index contributed by atoms with van der Waals surface area (Å²) in [6.45, 7) is 9.12. The van der Waals surface area contributed by atoms with Crippen molar-refractivity contribution < 1.29 is 19.1 Å². The molecule has 2 atom stereocenters. The van der Waals surface area contributed by atoms with E-state index in [1.54, 1.807) is 23.6 Å². The molecule has 1 aliphatic heterocycles. The number of thioether (sulfide) groups is 1. The summed E-state index contributed by atoms with van der Waals surface area (Å²) in [7, 11) is 0. The molecule has 0 aromatic carbocycles. The third-order valence-electron chi connectivity index (χ3n) is 7.39. The Morgan fingerprint density at radius 1 is 1.14 bits per heavy atom. The van der Waals surface area contributed by atoms with Crippen LogP contribution in [0.25, 0.3) is 0 Å². The smallest absolute Gasteiger partial charge is 0.407 e. The molecule has 1 saturated carbocycles. The highest BCUT2D eigenvalue weighted by Gasteiger charge is 2.44. The van der Waals surface area contributed by atoms with E-state index in [1.807, 2.05) is 13.8 Å². The van der Waals surface area contributed by atoms with E-state index in [1.165, 1.54) is 0 Å². The number of rotatable bonds is 13. The zero-order valence-corrected chi connectivity index (χ0v) is 23.4. The van der Waals surface area contributed by atoms with E-state index < -0.39 is 22.9 Å². The minimum absolute atomic E-state index is 0.127. The second-order valence-corrected chi connectivity index (χ2v) is 12.3. The number of amides is 3. The number of hydrogen-bond donors (Lipinski definition) is 4. The van der Waals surface area contributed by atoms with Gasteiger partial charge in [-0.3, -0.25) is 15.0 Å². The summed E-state index contributed by atoms with van der Waals surface area (Å²) in [6.07, 6.45) is 7.69. The number of amidine groups is 1. The SMILES string of the molecule is CCCCCSC(C)(C)[C@@H](NC(=O)OCC)C(=O)N1CCC[C@H]1C(=O)NCC1CCC(C(=N)N)CC1. The van der Waals surface area contributed by atoms with Crippen molar-refractivity contribution in [1.82, 2.24) is 15.5 Å². The van der Waals surface area contributed by atoms with Gasteiger partial charge in [0.05, 0.1) is 12.4 Å². The number of ether oxygens (including phenoxy) is 1. The molecule has 5 N–H and O–H groups in total. The Balaban J connectivity index is 2.02. The van der Waals surface area contributed by atoms with E-state index in [9.17, 15) is 14.4 Å². The van der Waals surface area contributed by atoms with Crippen LogP contribution in [0.4, 0.5) is 4.79 Å². The highest BCUT2D eigenvalue weighted by atomic mass is 32.2. The Hall–Kier alpha value is -1.97. The number of alkyl carbamates (subject to hydrolysis) is 1. The van der Waals surface area contributed by atoms with Gasteiger partial charge in [-0.15, -0.1) is 0 Å². The van der Waals surface area contributed by atoms with E-state index in [4.69, 9.17) is 15.9 Å². The number of nitrogens with one attached hydrogen (secondary N) is 3. The first-order chi connectivity index (χ1) is 17.1. The van der Waals surface area contributed by atoms with Crippen molar-refractivity contribution in [1.29, 1.82) is 5.41 Å². The summed E-state index contributed by atoms with van der Waals surface area (Å²) in [5, 5.41) is 13.5. The third kappa shape index (κ3) is 8.85. The molecule has 36 heavy (non-hydrogen) atoms. The predicted molar refractivity (Wildman–Crippen MR) is 145 cm³/mol. The Kier molecular flexibility index (Phi) is 12.3. The normalized spacial score (nSPS) is 23.1. The molecule has 1 saturated heterocycles. The number of likely N-dealkylation sites (tertiary alicyclic amines) is 1. The second kappa shape index (κ2) is 14.7. The lowest BCUT2D eigenvalue weighted by molar-refractivity contribution is -0.140. The van der Waals surface area contributed by atoms with Gasteiger partial charge in [0.15, 0.2) is 0 Å². The van der Waals surface area contributed by atoms with Crippen molar-refractivity contribution in [3.8, 4) is 0 Å². The van der Waals surface area contributed by atoms with Gasteiger partial charge in [0, 0.05) is 23.8 Å². The first kappa shape index (κ1) is 30.3. The number of carbonyl (C=O) groups excluding carboxylic acids is 3. The summed E-state index contributed by atoms with van der Waals surface area (Å²) in [5.41, 5.74) is 5.64. The van der Waals surface area contributed by atoms with E-state index in [2.05, 4.69) is 17.6 Å². The van der Waals surface area contributed by atoms with Crippen LogP contribution >= 0.6 is 11.8 Å². The third-order valence-corrected chi connectivity index (χ3v) is 8.86. The highest BCUT2D eigenvalue weighted by molar-refractivity contribution is 8.00. The van der Waals surface area contributed by atoms with Crippen molar-refractivity contribution in [2.45, 2.75) is 102 Å². The van der Waals surface area contributed by atoms with Gasteiger partial charge in [-0.1, -0.05) is 19.8 Å². The Bertz CT molecular complexity index is 755. The molecule has 2 rings (SSSR count). The topological polar surface area (TPSA) is 138 Å². The summed E-state index contributed by atoms with van der Waals surface area (Å²) >= 11 is 1.67. The standard InChI is InChI=1S/C26H47N5O4S/c1-5-7-8-16-36-26(3,4)21(30-25(34)35-6-2)24(33)31-15-9-10-20(31)23(32)29-17-18-11-13-19(14-12-18)22(27)28/h18-21H,5-17H2,1-4H3,(H3,27,28)(H,29,32)(H,30,34)/t18?,19?,20-,21-/m0/s1. The largest absolute Gasteiger partial charge is 0.450 e. The van der Waals surface area contributed by atoms with Crippen LogP contribution in [0.15, 0.2) is 0 Å². The fourth-order valence-corrected chi connectivity index (χ4v) is 6.30. The van der Waals surface area contributed by atoms with Crippen LogP contribution in [0.5, 0.6) is 0 Å². The number of nitrogens with zero attached hydrogens (tertiary/aromatic N) is 1. The molecule has 0 spiro atoms. The quantitative estimate of drug-likeness (QED) is 0.165. The summed E-state index contributed by atoms with van der Waals surface area (Å²) in [6, 6.07) is -1.32. The van der Waals surface area contributed by atoms with Crippen LogP contribution in [-0.2, 0) is 14.3 Å². The molecule has 1 heterocycles. The Morgan fingerprint density at radius 3 is 2.44 bits per heavy atom. The van der Waals surface area contributed by atoms with E-state index >= 15 is 0 Å². The summed E-state index contributed by atoms with van der Waals surface area (Å²) in [5.74, 6) is 1.33. The number of hydrogen-bond acceptors (Lipinski definition) is 6. The monoisotopic (exact) mass is 525 g/mol. The minimum Gasteiger partial charge on any atom is -0.450 e. The first-order valence-corrected chi connectivity index (χ1v) is 14.6. The van der Waals surface area contributed by atoms with Crippen molar-refractivity contribution in [2.75, 3.05) is 25.4 Å². The van der Waals surface area contributed by atoms with Crippen molar-refractivity contribution in [3.63, 3.8) is 0 Å². The van der Waals surface area contributed by atoms with Crippen LogP contribution in [0.3, 0.4) is 0 Å². The van der Waals surface area contributed by atoms with Gasteiger partial charge in [0.2, 0.25) is 11.8 Å². The van der Waals surface area contributed by atoms with Gasteiger partial charge in [-0.25, -0.2) is 4.79 Å². The lowest BCUT2D eigenvalue weighted by atomic mass is 9.81. The van der Waals surface area contributed by atoms with Gasteiger partial charge in [-0.2, -0.15) is 11.8 Å². The molecule has 1 aliphatic carbocycles. The molecule has 2 fully saturated rings. The average Bonchev–Trinajstić information content (AvgIpc) is 3.34. The molecule has 2 aliphatic rings. The van der Waals surface area contributed by atoms with Crippen LogP contribution < -0.4 is 16.4 Å². The van der Waals surface area contributed by atoms with Crippen LogP contribution in [0, 0.1) is 17.2 Å². The van der Waals surface area contributed by atoms with Gasteiger partial charge in [0.25, 0.3) is 0 Å². The lowest BCUT2D eigenvalue weighted by Gasteiger charge is -2.37. The maximum atomic E-state index is 13.8. The fourth-order valence-electron chi connectivity index (χ4n) is 5.10. The fraction of sp³-hybridized carbons (Fsp3) is 0.846. The van der Waals surface area contributed by atoms with Crippen LogP contribution in [0.1, 0.15) is 85.5 Å². The second-order valence-electron chi connectivity index (χ2n) is 10.6. The average molecular weight is 526 g/mol. The maximum absolute atomic E-state index is 13.8.